The van der Waals surface area contributed by atoms with Gasteiger partial charge < -0.3 is 20.3 Å². The van der Waals surface area contributed by atoms with Gasteiger partial charge >= 0.3 is 0 Å². The summed E-state index contributed by atoms with van der Waals surface area (Å²) in [5.41, 5.74) is 2.60. The van der Waals surface area contributed by atoms with Crippen molar-refractivity contribution in [2.45, 2.75) is 40.3 Å². The van der Waals surface area contributed by atoms with Crippen LogP contribution in [0.4, 0.5) is 0 Å². The molecule has 0 saturated carbocycles. The second-order valence-corrected chi connectivity index (χ2v) is 6.80. The van der Waals surface area contributed by atoms with Crippen LogP contribution in [0.1, 0.15) is 38.3 Å². The molecule has 0 saturated heterocycles. The quantitative estimate of drug-likeness (QED) is 0.222. The summed E-state index contributed by atoms with van der Waals surface area (Å²) in [6, 6.07) is 8.69. The maximum atomic E-state index is 5.62. The Bertz CT molecular complexity index is 508. The molecule has 0 amide bonds. The maximum Gasteiger partial charge on any atom is 0.191 e. The van der Waals surface area contributed by atoms with Crippen molar-refractivity contribution in [2.75, 3.05) is 40.4 Å². The summed E-state index contributed by atoms with van der Waals surface area (Å²) in [5.74, 6) is 1.50. The number of ether oxygens (including phenoxy) is 1. The molecule has 0 aliphatic rings. The van der Waals surface area contributed by atoms with Crippen molar-refractivity contribution in [3.63, 3.8) is 0 Å². The Hall–Kier alpha value is -0.860. The fourth-order valence-electron chi connectivity index (χ4n) is 2.33. The van der Waals surface area contributed by atoms with Gasteiger partial charge in [-0.2, -0.15) is 0 Å². The van der Waals surface area contributed by atoms with Gasteiger partial charge in [0.15, 0.2) is 5.96 Å². The van der Waals surface area contributed by atoms with Crippen molar-refractivity contribution in [3.05, 3.63) is 35.4 Å². The highest BCUT2D eigenvalue weighted by Crippen LogP contribution is 2.07. The van der Waals surface area contributed by atoms with Crippen LogP contribution in [0.15, 0.2) is 29.3 Å². The molecular weight excluding hydrogens is 439 g/mol. The molecule has 1 aromatic rings. The first kappa shape index (κ1) is 25.1. The zero-order valence-corrected chi connectivity index (χ0v) is 19.4. The monoisotopic (exact) mass is 476 g/mol. The van der Waals surface area contributed by atoms with Crippen molar-refractivity contribution >= 4 is 29.9 Å². The number of rotatable bonds is 11. The van der Waals surface area contributed by atoms with E-state index in [-0.39, 0.29) is 24.0 Å². The Labute approximate surface area is 177 Å². The van der Waals surface area contributed by atoms with Crippen LogP contribution in [0.3, 0.4) is 0 Å². The van der Waals surface area contributed by atoms with Crippen LogP contribution in [-0.4, -0.2) is 51.3 Å². The molecule has 6 heteroatoms. The Balaban J connectivity index is 0.00000625. The van der Waals surface area contributed by atoms with E-state index in [4.69, 9.17) is 4.74 Å². The molecule has 0 bridgehead atoms. The van der Waals surface area contributed by atoms with Crippen LogP contribution in [0, 0.1) is 5.92 Å². The fourth-order valence-corrected chi connectivity index (χ4v) is 2.33. The Morgan fingerprint density at radius 2 is 1.92 bits per heavy atom. The predicted molar refractivity (Wildman–Crippen MR) is 122 cm³/mol. The number of nitrogens with zero attached hydrogens (tertiary/aromatic N) is 2. The van der Waals surface area contributed by atoms with Crippen LogP contribution in [0.2, 0.25) is 0 Å². The van der Waals surface area contributed by atoms with Gasteiger partial charge in [0.05, 0.1) is 6.61 Å². The molecule has 2 N–H and O–H groups in total. The van der Waals surface area contributed by atoms with Crippen molar-refractivity contribution < 1.29 is 4.74 Å². The summed E-state index contributed by atoms with van der Waals surface area (Å²) in [7, 11) is 3.93. The molecule has 0 spiro atoms. The van der Waals surface area contributed by atoms with Gasteiger partial charge in [0.25, 0.3) is 0 Å². The summed E-state index contributed by atoms with van der Waals surface area (Å²) in [6.07, 6.45) is 1.11. The van der Waals surface area contributed by atoms with Gasteiger partial charge in [-0.15, -0.1) is 24.0 Å². The highest BCUT2D eigenvalue weighted by atomic mass is 127. The van der Waals surface area contributed by atoms with E-state index >= 15 is 0 Å². The standard InChI is InChI=1S/C20H36N4O.HI/c1-6-24(5)16-19-9-7-8-18(14-19)15-23-20(21-4)22-11-13-25-12-10-17(2)3;/h7-9,14,17H,6,10-13,15-16H2,1-5H3,(H2,21,22,23);1H. The average Bonchev–Trinajstić information content (AvgIpc) is 2.60. The predicted octanol–water partition coefficient (Wildman–Crippen LogP) is 3.48. The average molecular weight is 476 g/mol. The molecule has 0 heterocycles. The lowest BCUT2D eigenvalue weighted by Crippen LogP contribution is -2.38. The van der Waals surface area contributed by atoms with Crippen molar-refractivity contribution in [1.82, 2.24) is 15.5 Å². The highest BCUT2D eigenvalue weighted by molar-refractivity contribution is 14.0. The molecule has 0 unspecified atom stereocenters. The molecule has 0 fully saturated rings. The minimum atomic E-state index is 0. The van der Waals surface area contributed by atoms with E-state index < -0.39 is 0 Å². The van der Waals surface area contributed by atoms with Gasteiger partial charge in [0, 0.05) is 33.3 Å². The number of nitrogens with one attached hydrogen (secondary N) is 2. The van der Waals surface area contributed by atoms with Crippen LogP contribution in [0.5, 0.6) is 0 Å². The second kappa shape index (κ2) is 15.2. The molecule has 0 aliphatic heterocycles. The summed E-state index contributed by atoms with van der Waals surface area (Å²) in [5, 5.41) is 6.65. The minimum absolute atomic E-state index is 0. The molecule has 1 rings (SSSR count). The first-order chi connectivity index (χ1) is 12.0. The number of benzene rings is 1. The van der Waals surface area contributed by atoms with E-state index in [2.05, 4.69) is 72.6 Å². The zero-order chi connectivity index (χ0) is 18.5. The van der Waals surface area contributed by atoms with Crippen LogP contribution in [0.25, 0.3) is 0 Å². The van der Waals surface area contributed by atoms with E-state index in [1.807, 2.05) is 0 Å². The maximum absolute atomic E-state index is 5.62. The van der Waals surface area contributed by atoms with E-state index in [1.165, 1.54) is 11.1 Å². The molecule has 150 valence electrons. The molecule has 0 aliphatic carbocycles. The third kappa shape index (κ3) is 11.7. The van der Waals surface area contributed by atoms with Crippen LogP contribution in [-0.2, 0) is 17.8 Å². The molecular formula is C20H37IN4O. The zero-order valence-electron chi connectivity index (χ0n) is 17.0. The molecule has 0 aromatic heterocycles. The number of guanidine groups is 1. The number of hydrogen-bond acceptors (Lipinski definition) is 3. The van der Waals surface area contributed by atoms with Crippen LogP contribution >= 0.6 is 24.0 Å². The first-order valence-corrected chi connectivity index (χ1v) is 9.33. The summed E-state index contributed by atoms with van der Waals surface area (Å²) in [6.45, 7) is 11.7. The first-order valence-electron chi connectivity index (χ1n) is 9.33. The largest absolute Gasteiger partial charge is 0.380 e. The van der Waals surface area contributed by atoms with Gasteiger partial charge in [-0.05, 0) is 37.1 Å². The number of hydrogen-bond donors (Lipinski definition) is 2. The van der Waals surface area contributed by atoms with Gasteiger partial charge in [0.2, 0.25) is 0 Å². The Morgan fingerprint density at radius 3 is 2.58 bits per heavy atom. The lowest BCUT2D eigenvalue weighted by atomic mass is 10.1. The number of halogens is 1. The third-order valence-corrected chi connectivity index (χ3v) is 4.05. The highest BCUT2D eigenvalue weighted by Gasteiger charge is 2.02. The Kier molecular flexibility index (Phi) is 14.7. The topological polar surface area (TPSA) is 48.9 Å². The molecule has 0 radical (unpaired) electrons. The number of aliphatic imine (C=N–C) groups is 1. The van der Waals surface area contributed by atoms with Crippen LogP contribution < -0.4 is 10.6 Å². The van der Waals surface area contributed by atoms with Gasteiger partial charge in [0.1, 0.15) is 0 Å². The van der Waals surface area contributed by atoms with E-state index in [0.717, 1.165) is 45.2 Å². The fraction of sp³-hybridized carbons (Fsp3) is 0.650. The minimum Gasteiger partial charge on any atom is -0.380 e. The van der Waals surface area contributed by atoms with Gasteiger partial charge in [-0.25, -0.2) is 0 Å². The van der Waals surface area contributed by atoms with Gasteiger partial charge in [-0.3, -0.25) is 4.99 Å². The molecule has 26 heavy (non-hydrogen) atoms. The normalized spacial score (nSPS) is 11.6. The molecule has 5 nitrogen and oxygen atoms in total. The lowest BCUT2D eigenvalue weighted by Gasteiger charge is -2.15. The third-order valence-electron chi connectivity index (χ3n) is 4.05. The second-order valence-electron chi connectivity index (χ2n) is 6.80. The Morgan fingerprint density at radius 1 is 1.19 bits per heavy atom. The van der Waals surface area contributed by atoms with E-state index in [9.17, 15) is 0 Å². The smallest absolute Gasteiger partial charge is 0.191 e. The molecule has 1 aromatic carbocycles. The van der Waals surface area contributed by atoms with Crippen molar-refractivity contribution in [2.24, 2.45) is 10.9 Å². The molecule has 0 atom stereocenters. The summed E-state index contributed by atoms with van der Waals surface area (Å²) < 4.78 is 5.62. The van der Waals surface area contributed by atoms with E-state index in [0.29, 0.717) is 12.5 Å². The SMILES string of the molecule is CCN(C)Cc1cccc(CNC(=NC)NCCOCCC(C)C)c1.I. The van der Waals surface area contributed by atoms with Crippen molar-refractivity contribution in [3.8, 4) is 0 Å². The van der Waals surface area contributed by atoms with Crippen molar-refractivity contribution in [1.29, 1.82) is 0 Å². The van der Waals surface area contributed by atoms with Gasteiger partial charge in [-0.1, -0.05) is 45.0 Å². The summed E-state index contributed by atoms with van der Waals surface area (Å²) >= 11 is 0. The lowest BCUT2D eigenvalue weighted by molar-refractivity contribution is 0.128. The summed E-state index contributed by atoms with van der Waals surface area (Å²) in [4.78, 5) is 6.56. The van der Waals surface area contributed by atoms with E-state index in [1.54, 1.807) is 7.05 Å².